The van der Waals surface area contributed by atoms with Crippen LogP contribution in [0.4, 0.5) is 4.79 Å². The molecule has 6 nitrogen and oxygen atoms in total. The fourth-order valence-corrected chi connectivity index (χ4v) is 6.57. The number of rotatable bonds is 10. The van der Waals surface area contributed by atoms with Gasteiger partial charge in [-0.2, -0.15) is 0 Å². The molecule has 1 heterocycles. The first-order valence-electron chi connectivity index (χ1n) is 15.2. The van der Waals surface area contributed by atoms with Gasteiger partial charge in [-0.3, -0.25) is 9.69 Å². The maximum absolute atomic E-state index is 15.3. The molecule has 1 aliphatic carbocycles. The maximum atomic E-state index is 15.3. The number of hydrogen-bond donors (Lipinski definition) is 1. The minimum Gasteiger partial charge on any atom is -0.497 e. The zero-order valence-corrected chi connectivity index (χ0v) is 25.4. The summed E-state index contributed by atoms with van der Waals surface area (Å²) in [6.07, 6.45) is 3.21. The molecule has 1 saturated heterocycles. The van der Waals surface area contributed by atoms with Crippen LogP contribution in [0.1, 0.15) is 63.1 Å². The van der Waals surface area contributed by atoms with Gasteiger partial charge in [-0.05, 0) is 94.8 Å². The third-order valence-electron chi connectivity index (χ3n) is 8.90. The highest BCUT2D eigenvalue weighted by Gasteiger charge is 2.60. The van der Waals surface area contributed by atoms with Crippen LogP contribution in [0.25, 0.3) is 0 Å². The monoisotopic (exact) mass is 568 g/mol. The summed E-state index contributed by atoms with van der Waals surface area (Å²) in [5.74, 6) is 0.869. The van der Waals surface area contributed by atoms with Gasteiger partial charge in [0.2, 0.25) is 0 Å². The Bertz CT molecular complexity index is 1340. The molecule has 1 atom stereocenters. The van der Waals surface area contributed by atoms with Gasteiger partial charge in [-0.15, -0.1) is 0 Å². The van der Waals surface area contributed by atoms with Crippen molar-refractivity contribution in [3.05, 3.63) is 102 Å². The largest absolute Gasteiger partial charge is 0.497 e. The van der Waals surface area contributed by atoms with Crippen LogP contribution in [0.5, 0.6) is 5.75 Å². The second kappa shape index (κ2) is 12.3. The number of methoxy groups -OCH3 is 1. The second-order valence-corrected chi connectivity index (χ2v) is 12.8. The molecule has 2 aliphatic rings. The van der Waals surface area contributed by atoms with E-state index in [2.05, 4.69) is 29.6 Å². The van der Waals surface area contributed by atoms with Crippen molar-refractivity contribution in [1.29, 1.82) is 0 Å². The fraction of sp³-hybridized carbons (Fsp3) is 0.444. The highest BCUT2D eigenvalue weighted by Crippen LogP contribution is 2.53. The SMILES string of the molecule is COc1ccc(C2(C(=O)C(N(CCc3ccccc3)C(=O)OC(C)(C)C)C3(c4ccccc4)CCNCC3)CC2)cc1. The normalized spacial score (nSPS) is 18.0. The Morgan fingerprint density at radius 3 is 1.98 bits per heavy atom. The van der Waals surface area contributed by atoms with Crippen LogP contribution < -0.4 is 10.1 Å². The lowest BCUT2D eigenvalue weighted by atomic mass is 9.64. The zero-order chi connectivity index (χ0) is 29.8. The number of carbonyl (C=O) groups is 2. The van der Waals surface area contributed by atoms with E-state index < -0.39 is 28.6 Å². The molecule has 1 saturated carbocycles. The van der Waals surface area contributed by atoms with Crippen molar-refractivity contribution in [3.63, 3.8) is 0 Å². The first-order chi connectivity index (χ1) is 20.2. The number of ketones is 1. The highest BCUT2D eigenvalue weighted by atomic mass is 16.6. The summed E-state index contributed by atoms with van der Waals surface area (Å²) >= 11 is 0. The molecule has 3 aromatic rings. The van der Waals surface area contributed by atoms with Gasteiger partial charge in [0.15, 0.2) is 5.78 Å². The maximum Gasteiger partial charge on any atom is 0.410 e. The number of carbonyl (C=O) groups excluding carboxylic acids is 2. The van der Waals surface area contributed by atoms with Crippen LogP contribution in [0.3, 0.4) is 0 Å². The van der Waals surface area contributed by atoms with E-state index in [4.69, 9.17) is 9.47 Å². The summed E-state index contributed by atoms with van der Waals surface area (Å²) in [6, 6.07) is 27.7. The number of amides is 1. The summed E-state index contributed by atoms with van der Waals surface area (Å²) < 4.78 is 11.5. The molecule has 0 spiro atoms. The van der Waals surface area contributed by atoms with Gasteiger partial charge in [0, 0.05) is 12.0 Å². The number of ether oxygens (including phenoxy) is 2. The number of benzene rings is 3. The molecule has 1 aliphatic heterocycles. The molecule has 2 fully saturated rings. The van der Waals surface area contributed by atoms with Crippen molar-refractivity contribution in [2.75, 3.05) is 26.7 Å². The predicted octanol–water partition coefficient (Wildman–Crippen LogP) is 6.47. The van der Waals surface area contributed by atoms with Gasteiger partial charge in [0.25, 0.3) is 0 Å². The molecular formula is C36H44N2O4. The third-order valence-corrected chi connectivity index (χ3v) is 8.90. The van der Waals surface area contributed by atoms with Crippen molar-refractivity contribution in [3.8, 4) is 5.75 Å². The Morgan fingerprint density at radius 1 is 0.833 bits per heavy atom. The molecule has 1 N–H and O–H groups in total. The molecule has 0 bridgehead atoms. The molecule has 222 valence electrons. The summed E-state index contributed by atoms with van der Waals surface area (Å²) in [4.78, 5) is 31.3. The van der Waals surface area contributed by atoms with Crippen LogP contribution in [0.15, 0.2) is 84.9 Å². The van der Waals surface area contributed by atoms with Crippen LogP contribution in [0.2, 0.25) is 0 Å². The van der Waals surface area contributed by atoms with Crippen molar-refractivity contribution >= 4 is 11.9 Å². The highest BCUT2D eigenvalue weighted by molar-refractivity contribution is 6.00. The topological polar surface area (TPSA) is 67.9 Å². The molecule has 0 radical (unpaired) electrons. The fourth-order valence-electron chi connectivity index (χ4n) is 6.57. The molecule has 1 unspecified atom stereocenters. The van der Waals surface area contributed by atoms with Crippen molar-refractivity contribution in [2.24, 2.45) is 0 Å². The minimum absolute atomic E-state index is 0.109. The lowest BCUT2D eigenvalue weighted by Gasteiger charge is -2.49. The minimum atomic E-state index is -0.697. The molecule has 42 heavy (non-hydrogen) atoms. The van der Waals surface area contributed by atoms with Crippen LogP contribution in [-0.4, -0.2) is 55.2 Å². The summed E-state index contributed by atoms with van der Waals surface area (Å²) in [5.41, 5.74) is 1.31. The smallest absolute Gasteiger partial charge is 0.410 e. The van der Waals surface area contributed by atoms with Crippen LogP contribution in [0, 0.1) is 0 Å². The van der Waals surface area contributed by atoms with Gasteiger partial charge in [0.1, 0.15) is 17.4 Å². The zero-order valence-electron chi connectivity index (χ0n) is 25.4. The molecule has 1 amide bonds. The molecule has 0 aromatic heterocycles. The summed E-state index contributed by atoms with van der Waals surface area (Å²) in [5, 5.41) is 3.51. The Morgan fingerprint density at radius 2 is 1.43 bits per heavy atom. The van der Waals surface area contributed by atoms with E-state index in [1.54, 1.807) is 12.0 Å². The standard InChI is InChI=1S/C36H44N2O4/c1-34(2,3)42-33(40)38(26-19-27-11-7-5-8-12-27)31(35(22-24-37-25-23-35)28-13-9-6-10-14-28)32(39)36(20-21-36)29-15-17-30(41-4)18-16-29/h5-18,31,37H,19-26H2,1-4H3. The predicted molar refractivity (Wildman–Crippen MR) is 166 cm³/mol. The quantitative estimate of drug-likeness (QED) is 0.304. The number of hydrogen-bond acceptors (Lipinski definition) is 5. The Balaban J connectivity index is 1.64. The summed E-state index contributed by atoms with van der Waals surface area (Å²) in [6.45, 7) is 7.58. The van der Waals surface area contributed by atoms with E-state index in [9.17, 15) is 4.79 Å². The van der Waals surface area contributed by atoms with Gasteiger partial charge in [-0.1, -0.05) is 72.8 Å². The molecule has 3 aromatic carbocycles. The molecule has 5 rings (SSSR count). The van der Waals surface area contributed by atoms with E-state index in [0.29, 0.717) is 13.0 Å². The van der Waals surface area contributed by atoms with Crippen molar-refractivity contribution in [2.45, 2.75) is 75.3 Å². The van der Waals surface area contributed by atoms with Gasteiger partial charge in [0.05, 0.1) is 12.5 Å². The second-order valence-electron chi connectivity index (χ2n) is 12.8. The Kier molecular flexibility index (Phi) is 8.74. The average Bonchev–Trinajstić information content (AvgIpc) is 3.82. The van der Waals surface area contributed by atoms with Crippen LogP contribution in [-0.2, 0) is 26.8 Å². The summed E-state index contributed by atoms with van der Waals surface area (Å²) in [7, 11) is 1.65. The van der Waals surface area contributed by atoms with E-state index >= 15 is 4.79 Å². The number of nitrogens with zero attached hydrogens (tertiary/aromatic N) is 1. The van der Waals surface area contributed by atoms with Gasteiger partial charge in [-0.25, -0.2) is 4.79 Å². The van der Waals surface area contributed by atoms with E-state index in [1.165, 1.54) is 0 Å². The van der Waals surface area contributed by atoms with E-state index in [-0.39, 0.29) is 5.78 Å². The van der Waals surface area contributed by atoms with Gasteiger partial charge < -0.3 is 14.8 Å². The van der Waals surface area contributed by atoms with Crippen molar-refractivity contribution < 1.29 is 19.1 Å². The Hall–Kier alpha value is -3.64. The third kappa shape index (κ3) is 6.24. The molecule has 6 heteroatoms. The van der Waals surface area contributed by atoms with Crippen LogP contribution >= 0.6 is 0 Å². The van der Waals surface area contributed by atoms with E-state index in [1.807, 2.05) is 81.4 Å². The number of nitrogens with one attached hydrogen (secondary N) is 1. The first kappa shape index (κ1) is 29.8. The molecular weight excluding hydrogens is 524 g/mol. The van der Waals surface area contributed by atoms with Crippen molar-refractivity contribution in [1.82, 2.24) is 10.2 Å². The lowest BCUT2D eigenvalue weighted by Crippen LogP contribution is -2.62. The number of piperidine rings is 1. The lowest BCUT2D eigenvalue weighted by molar-refractivity contribution is -0.130. The number of Topliss-reactive ketones (excluding diaryl/α,β-unsaturated/α-hetero) is 1. The van der Waals surface area contributed by atoms with Gasteiger partial charge >= 0.3 is 6.09 Å². The average molecular weight is 569 g/mol. The van der Waals surface area contributed by atoms with E-state index in [0.717, 1.165) is 61.2 Å². The Labute approximate surface area is 250 Å². The first-order valence-corrected chi connectivity index (χ1v) is 15.2.